The molecule has 0 aliphatic heterocycles. The molecule has 0 saturated heterocycles. The zero-order chi connectivity index (χ0) is 13.0. The molecule has 94 valence electrons. The molecule has 0 radical (unpaired) electrons. The lowest BCUT2D eigenvalue weighted by Crippen LogP contribution is -1.88. The predicted octanol–water partition coefficient (Wildman–Crippen LogP) is 5.50. The van der Waals surface area contributed by atoms with Gasteiger partial charge >= 0.3 is 0 Å². The standard InChI is InChI=1S/C16H17BrO/c1-12(2)14-5-9-16(10-6-14)18-15-7-3-13(11-17)4-8-15/h3-10,12H,11H2,1-2H3. The van der Waals surface area contributed by atoms with Crippen LogP contribution in [0.1, 0.15) is 30.9 Å². The molecule has 2 rings (SSSR count). The van der Waals surface area contributed by atoms with E-state index in [1.165, 1.54) is 11.1 Å². The van der Waals surface area contributed by atoms with Gasteiger partial charge in [0.05, 0.1) is 0 Å². The number of alkyl halides is 1. The number of ether oxygens (including phenoxy) is 1. The zero-order valence-corrected chi connectivity index (χ0v) is 12.3. The van der Waals surface area contributed by atoms with E-state index in [4.69, 9.17) is 4.74 Å². The summed E-state index contributed by atoms with van der Waals surface area (Å²) in [5.74, 6) is 2.31. The van der Waals surface area contributed by atoms with Gasteiger partial charge in [-0.05, 0) is 41.3 Å². The Morgan fingerprint density at radius 1 is 0.889 bits per heavy atom. The maximum atomic E-state index is 5.80. The summed E-state index contributed by atoms with van der Waals surface area (Å²) in [6.45, 7) is 4.38. The molecule has 1 nitrogen and oxygen atoms in total. The summed E-state index contributed by atoms with van der Waals surface area (Å²) in [5.41, 5.74) is 2.58. The van der Waals surface area contributed by atoms with Gasteiger partial charge in [-0.15, -0.1) is 0 Å². The molecule has 2 aromatic carbocycles. The molecule has 0 heterocycles. The Hall–Kier alpha value is -1.28. The molecule has 0 bridgehead atoms. The molecule has 0 fully saturated rings. The minimum absolute atomic E-state index is 0.553. The van der Waals surface area contributed by atoms with E-state index < -0.39 is 0 Å². The van der Waals surface area contributed by atoms with E-state index in [-0.39, 0.29) is 0 Å². The molecule has 2 heteroatoms. The van der Waals surface area contributed by atoms with Gasteiger partial charge in [0.15, 0.2) is 0 Å². The van der Waals surface area contributed by atoms with Gasteiger partial charge in [0.1, 0.15) is 11.5 Å². The summed E-state index contributed by atoms with van der Waals surface area (Å²) in [7, 11) is 0. The summed E-state index contributed by atoms with van der Waals surface area (Å²) >= 11 is 3.43. The highest BCUT2D eigenvalue weighted by Gasteiger charge is 2.01. The molecule has 0 aliphatic rings. The Bertz CT molecular complexity index is 486. The van der Waals surface area contributed by atoms with E-state index in [2.05, 4.69) is 54.0 Å². The summed E-state index contributed by atoms with van der Waals surface area (Å²) in [4.78, 5) is 0. The van der Waals surface area contributed by atoms with Crippen LogP contribution in [-0.4, -0.2) is 0 Å². The van der Waals surface area contributed by atoms with E-state index in [1.807, 2.05) is 24.3 Å². The molecule has 0 atom stereocenters. The average molecular weight is 305 g/mol. The van der Waals surface area contributed by atoms with E-state index in [1.54, 1.807) is 0 Å². The Morgan fingerprint density at radius 2 is 1.39 bits per heavy atom. The highest BCUT2D eigenvalue weighted by atomic mass is 79.9. The fraction of sp³-hybridized carbons (Fsp3) is 0.250. The van der Waals surface area contributed by atoms with Gasteiger partial charge in [-0.25, -0.2) is 0 Å². The van der Waals surface area contributed by atoms with Crippen LogP contribution >= 0.6 is 15.9 Å². The second-order valence-corrected chi connectivity index (χ2v) is 5.16. The SMILES string of the molecule is CC(C)c1ccc(Oc2ccc(CBr)cc2)cc1. The molecule has 0 N–H and O–H groups in total. The third kappa shape index (κ3) is 3.36. The van der Waals surface area contributed by atoms with Crippen molar-refractivity contribution in [1.29, 1.82) is 0 Å². The molecule has 18 heavy (non-hydrogen) atoms. The van der Waals surface area contributed by atoms with Crippen LogP contribution in [0.25, 0.3) is 0 Å². The first-order valence-corrected chi connectivity index (χ1v) is 7.24. The lowest BCUT2D eigenvalue weighted by molar-refractivity contribution is 0.482. The molecule has 0 aliphatic carbocycles. The fourth-order valence-electron chi connectivity index (χ4n) is 1.70. The maximum Gasteiger partial charge on any atom is 0.127 e. The van der Waals surface area contributed by atoms with Gasteiger partial charge in [-0.1, -0.05) is 54.0 Å². The third-order valence-corrected chi connectivity index (χ3v) is 3.51. The Morgan fingerprint density at radius 3 is 1.83 bits per heavy atom. The van der Waals surface area contributed by atoms with E-state index >= 15 is 0 Å². The van der Waals surface area contributed by atoms with Crippen molar-refractivity contribution in [3.63, 3.8) is 0 Å². The normalized spacial score (nSPS) is 10.7. The van der Waals surface area contributed by atoms with E-state index in [0.717, 1.165) is 16.8 Å². The van der Waals surface area contributed by atoms with E-state index in [9.17, 15) is 0 Å². The predicted molar refractivity (Wildman–Crippen MR) is 79.7 cm³/mol. The summed E-state index contributed by atoms with van der Waals surface area (Å²) in [6, 6.07) is 16.4. The fourth-order valence-corrected chi connectivity index (χ4v) is 2.08. The molecule has 0 aromatic heterocycles. The van der Waals surface area contributed by atoms with Crippen LogP contribution in [0.2, 0.25) is 0 Å². The quantitative estimate of drug-likeness (QED) is 0.678. The maximum absolute atomic E-state index is 5.80. The van der Waals surface area contributed by atoms with E-state index in [0.29, 0.717) is 5.92 Å². The molecule has 0 saturated carbocycles. The van der Waals surface area contributed by atoms with Gasteiger partial charge < -0.3 is 4.74 Å². The molecular formula is C16H17BrO. The van der Waals surface area contributed by atoms with Crippen LogP contribution in [0.4, 0.5) is 0 Å². The van der Waals surface area contributed by atoms with Crippen molar-refractivity contribution in [2.24, 2.45) is 0 Å². The highest BCUT2D eigenvalue weighted by molar-refractivity contribution is 9.08. The first-order valence-electron chi connectivity index (χ1n) is 6.12. The Kier molecular flexibility index (Phi) is 4.43. The first-order chi connectivity index (χ1) is 8.69. The van der Waals surface area contributed by atoms with Crippen LogP contribution in [0.5, 0.6) is 11.5 Å². The van der Waals surface area contributed by atoms with Crippen LogP contribution in [-0.2, 0) is 5.33 Å². The Balaban J connectivity index is 2.08. The van der Waals surface area contributed by atoms with Crippen LogP contribution < -0.4 is 4.74 Å². The third-order valence-electron chi connectivity index (χ3n) is 2.86. The molecule has 0 amide bonds. The van der Waals surface area contributed by atoms with Crippen molar-refractivity contribution >= 4 is 15.9 Å². The van der Waals surface area contributed by atoms with Crippen molar-refractivity contribution in [2.45, 2.75) is 25.1 Å². The van der Waals surface area contributed by atoms with Gasteiger partial charge in [-0.2, -0.15) is 0 Å². The number of rotatable bonds is 4. The molecule has 2 aromatic rings. The highest BCUT2D eigenvalue weighted by Crippen LogP contribution is 2.24. The number of halogens is 1. The van der Waals surface area contributed by atoms with Crippen molar-refractivity contribution < 1.29 is 4.74 Å². The van der Waals surface area contributed by atoms with Gasteiger partial charge in [0.25, 0.3) is 0 Å². The van der Waals surface area contributed by atoms with Crippen LogP contribution in [0.15, 0.2) is 48.5 Å². The number of benzene rings is 2. The second kappa shape index (κ2) is 6.05. The van der Waals surface area contributed by atoms with Crippen LogP contribution in [0.3, 0.4) is 0 Å². The molecule has 0 spiro atoms. The summed E-state index contributed by atoms with van der Waals surface area (Å²) < 4.78 is 5.80. The first kappa shape index (κ1) is 13.2. The second-order valence-electron chi connectivity index (χ2n) is 4.60. The topological polar surface area (TPSA) is 9.23 Å². The zero-order valence-electron chi connectivity index (χ0n) is 10.7. The number of hydrogen-bond donors (Lipinski definition) is 0. The number of hydrogen-bond acceptors (Lipinski definition) is 1. The van der Waals surface area contributed by atoms with Crippen LogP contribution in [0, 0.1) is 0 Å². The largest absolute Gasteiger partial charge is 0.457 e. The lowest BCUT2D eigenvalue weighted by atomic mass is 10.0. The molecular weight excluding hydrogens is 288 g/mol. The monoisotopic (exact) mass is 304 g/mol. The van der Waals surface area contributed by atoms with Gasteiger partial charge in [0, 0.05) is 5.33 Å². The van der Waals surface area contributed by atoms with Gasteiger partial charge in [-0.3, -0.25) is 0 Å². The summed E-state index contributed by atoms with van der Waals surface area (Å²) in [5, 5.41) is 0.871. The minimum Gasteiger partial charge on any atom is -0.457 e. The smallest absolute Gasteiger partial charge is 0.127 e. The van der Waals surface area contributed by atoms with Crippen molar-refractivity contribution in [2.75, 3.05) is 0 Å². The average Bonchev–Trinajstić information content (AvgIpc) is 2.40. The van der Waals surface area contributed by atoms with Crippen molar-refractivity contribution in [3.8, 4) is 11.5 Å². The minimum atomic E-state index is 0.553. The molecule has 0 unspecified atom stereocenters. The lowest BCUT2D eigenvalue weighted by Gasteiger charge is -2.09. The van der Waals surface area contributed by atoms with Crippen molar-refractivity contribution in [3.05, 3.63) is 59.7 Å². The van der Waals surface area contributed by atoms with Crippen molar-refractivity contribution in [1.82, 2.24) is 0 Å². The summed E-state index contributed by atoms with van der Waals surface area (Å²) in [6.07, 6.45) is 0. The van der Waals surface area contributed by atoms with Gasteiger partial charge in [0.2, 0.25) is 0 Å². The Labute approximate surface area is 117 Å².